The van der Waals surface area contributed by atoms with Gasteiger partial charge in [-0.2, -0.15) is 0 Å². The van der Waals surface area contributed by atoms with Crippen LogP contribution in [0.5, 0.6) is 0 Å². The number of aliphatic hydroxyl groups is 2. The van der Waals surface area contributed by atoms with Crippen molar-refractivity contribution in [1.29, 1.82) is 0 Å². The Balaban J connectivity index is -0.00000000571. The van der Waals surface area contributed by atoms with E-state index >= 15 is 0 Å². The fourth-order valence-electron chi connectivity index (χ4n) is 0. The van der Waals surface area contributed by atoms with Crippen LogP contribution in [0.4, 0.5) is 0 Å². The molecule has 1 radical (unpaired) electrons. The molecule has 0 aromatic rings. The van der Waals surface area contributed by atoms with Crippen LogP contribution in [0.2, 0.25) is 0 Å². The Kier molecular flexibility index (Phi) is 348. The summed E-state index contributed by atoms with van der Waals surface area (Å²) in [4.78, 5) is 0. The molecular formula is C4H12Cl3FeO2. The Morgan fingerprint density at radius 1 is 0.800 bits per heavy atom. The molecule has 0 aliphatic rings. The molecule has 0 aromatic carbocycles. The molecule has 2 N–H and O–H groups in total. The molecule has 0 atom stereocenters. The third-order valence-electron chi connectivity index (χ3n) is 0. The van der Waals surface area contributed by atoms with Crippen LogP contribution in [0.1, 0.15) is 13.8 Å². The second kappa shape index (κ2) is 81.6. The van der Waals surface area contributed by atoms with E-state index < -0.39 is 0 Å². The predicted octanol–water partition coefficient (Wildman–Crippen LogP) is -8.99. The molecule has 0 heterocycles. The van der Waals surface area contributed by atoms with Gasteiger partial charge in [0.1, 0.15) is 0 Å². The molecule has 6 heteroatoms. The molecule has 0 bridgehead atoms. The monoisotopic (exact) mass is 253 g/mol. The summed E-state index contributed by atoms with van der Waals surface area (Å²) < 4.78 is 0. The quantitative estimate of drug-likeness (QED) is 0.422. The minimum absolute atomic E-state index is 0. The number of hydrogen-bond donors (Lipinski definition) is 2. The summed E-state index contributed by atoms with van der Waals surface area (Å²) in [5.41, 5.74) is 0. The molecular weight excluding hydrogens is 242 g/mol. The second-order valence-corrected chi connectivity index (χ2v) is 0.632. The van der Waals surface area contributed by atoms with Crippen LogP contribution in [0.3, 0.4) is 0 Å². The molecule has 0 aliphatic heterocycles. The Bertz CT molecular complexity index is 20.5. The van der Waals surface area contributed by atoms with Crippen LogP contribution in [-0.2, 0) is 17.1 Å². The SMILES string of the molecule is CCO.CCO.[Cl-].[Cl-].[Cl-].[Fe+3]. The molecule has 0 rings (SSSR count). The maximum Gasteiger partial charge on any atom is 3.00 e. The first-order valence-corrected chi connectivity index (χ1v) is 2.05. The van der Waals surface area contributed by atoms with Crippen LogP contribution in [-0.4, -0.2) is 23.4 Å². The summed E-state index contributed by atoms with van der Waals surface area (Å²) >= 11 is 0. The van der Waals surface area contributed by atoms with Crippen LogP contribution in [0.25, 0.3) is 0 Å². The van der Waals surface area contributed by atoms with Gasteiger partial charge in [-0.05, 0) is 13.8 Å². The van der Waals surface area contributed by atoms with Gasteiger partial charge in [0.05, 0.1) is 0 Å². The Labute approximate surface area is 91.5 Å². The Morgan fingerprint density at radius 3 is 0.800 bits per heavy atom. The van der Waals surface area contributed by atoms with E-state index in [4.69, 9.17) is 10.2 Å². The van der Waals surface area contributed by atoms with E-state index in [-0.39, 0.29) is 67.5 Å². The molecule has 69 valence electrons. The van der Waals surface area contributed by atoms with Gasteiger partial charge >= 0.3 is 17.1 Å². The number of halogens is 3. The molecule has 2 nitrogen and oxygen atoms in total. The van der Waals surface area contributed by atoms with Crippen molar-refractivity contribution in [3.63, 3.8) is 0 Å². The van der Waals surface area contributed by atoms with E-state index in [0.29, 0.717) is 0 Å². The van der Waals surface area contributed by atoms with Crippen molar-refractivity contribution in [2.45, 2.75) is 13.8 Å². The predicted molar refractivity (Wildman–Crippen MR) is 25.5 cm³/mol. The van der Waals surface area contributed by atoms with Crippen molar-refractivity contribution in [1.82, 2.24) is 0 Å². The fourth-order valence-corrected chi connectivity index (χ4v) is 0. The summed E-state index contributed by atoms with van der Waals surface area (Å²) in [6.45, 7) is 3.86. The number of aliphatic hydroxyl groups excluding tert-OH is 2. The van der Waals surface area contributed by atoms with Crippen molar-refractivity contribution in [3.8, 4) is 0 Å². The molecule has 0 amide bonds. The number of rotatable bonds is 0. The van der Waals surface area contributed by atoms with Crippen LogP contribution in [0, 0.1) is 0 Å². The Hall–Kier alpha value is 1.31. The standard InChI is InChI=1S/2C2H6O.3ClH.Fe/c2*1-2-3;;;;/h2*3H,2H2,1H3;3*1H;/q;;;;;+3/p-3. The molecule has 0 aromatic heterocycles. The van der Waals surface area contributed by atoms with Gasteiger partial charge in [-0.25, -0.2) is 0 Å². The van der Waals surface area contributed by atoms with E-state index in [1.54, 1.807) is 13.8 Å². The van der Waals surface area contributed by atoms with E-state index in [2.05, 4.69) is 0 Å². The molecule has 0 saturated carbocycles. The average molecular weight is 254 g/mol. The van der Waals surface area contributed by atoms with Gasteiger partial charge in [-0.15, -0.1) is 0 Å². The average Bonchev–Trinajstić information content (AvgIpc) is 1.39. The van der Waals surface area contributed by atoms with Crippen molar-refractivity contribution >= 4 is 0 Å². The van der Waals surface area contributed by atoms with Crippen LogP contribution < -0.4 is 37.2 Å². The zero-order chi connectivity index (χ0) is 5.41. The first-order chi connectivity index (χ1) is 2.83. The van der Waals surface area contributed by atoms with E-state index in [1.807, 2.05) is 0 Å². The van der Waals surface area contributed by atoms with Gasteiger partial charge in [0.15, 0.2) is 0 Å². The molecule has 0 fully saturated rings. The zero-order valence-electron chi connectivity index (χ0n) is 5.80. The maximum absolute atomic E-state index is 7.57. The first-order valence-electron chi connectivity index (χ1n) is 2.05. The topological polar surface area (TPSA) is 40.5 Å². The van der Waals surface area contributed by atoms with E-state index in [0.717, 1.165) is 0 Å². The number of hydrogen-bond acceptors (Lipinski definition) is 2. The summed E-state index contributed by atoms with van der Waals surface area (Å²) in [6.07, 6.45) is 0. The summed E-state index contributed by atoms with van der Waals surface area (Å²) in [5.74, 6) is 0. The summed E-state index contributed by atoms with van der Waals surface area (Å²) in [6, 6.07) is 0. The van der Waals surface area contributed by atoms with Crippen molar-refractivity contribution in [2.24, 2.45) is 0 Å². The largest absolute Gasteiger partial charge is 3.00 e. The first kappa shape index (κ1) is 42.6. The molecule has 0 spiro atoms. The van der Waals surface area contributed by atoms with Gasteiger partial charge in [0, 0.05) is 13.2 Å². The minimum atomic E-state index is 0. The molecule has 0 aliphatic carbocycles. The van der Waals surface area contributed by atoms with Crippen molar-refractivity contribution < 1.29 is 64.5 Å². The van der Waals surface area contributed by atoms with E-state index in [1.165, 1.54) is 0 Å². The van der Waals surface area contributed by atoms with Gasteiger partial charge in [0.25, 0.3) is 0 Å². The summed E-state index contributed by atoms with van der Waals surface area (Å²) in [5, 5.41) is 15.1. The normalized spacial score (nSPS) is 3.60. The minimum Gasteiger partial charge on any atom is -1.00 e. The van der Waals surface area contributed by atoms with Crippen LogP contribution in [0.15, 0.2) is 0 Å². The third-order valence-corrected chi connectivity index (χ3v) is 0. The van der Waals surface area contributed by atoms with Gasteiger partial charge in [0.2, 0.25) is 0 Å². The second-order valence-electron chi connectivity index (χ2n) is 0.632. The van der Waals surface area contributed by atoms with Gasteiger partial charge in [-0.1, -0.05) is 0 Å². The van der Waals surface area contributed by atoms with Gasteiger partial charge < -0.3 is 47.4 Å². The molecule has 0 unspecified atom stereocenters. The molecule has 0 saturated heterocycles. The van der Waals surface area contributed by atoms with Crippen molar-refractivity contribution in [3.05, 3.63) is 0 Å². The van der Waals surface area contributed by atoms with Crippen molar-refractivity contribution in [2.75, 3.05) is 13.2 Å². The van der Waals surface area contributed by atoms with E-state index in [9.17, 15) is 0 Å². The van der Waals surface area contributed by atoms with Gasteiger partial charge in [-0.3, -0.25) is 0 Å². The maximum atomic E-state index is 7.57. The molecule has 10 heavy (non-hydrogen) atoms. The van der Waals surface area contributed by atoms with Crippen LogP contribution >= 0.6 is 0 Å². The Morgan fingerprint density at radius 2 is 0.800 bits per heavy atom. The zero-order valence-corrected chi connectivity index (χ0v) is 9.17. The summed E-state index contributed by atoms with van der Waals surface area (Å²) in [7, 11) is 0. The third kappa shape index (κ3) is 375. The fraction of sp³-hybridized carbons (Fsp3) is 1.00. The smallest absolute Gasteiger partial charge is 1.00 e.